The maximum Gasteiger partial charge on any atom is 0.416 e. The van der Waals surface area contributed by atoms with Gasteiger partial charge in [0.1, 0.15) is 5.82 Å². The Hall–Kier alpha value is -3.67. The van der Waals surface area contributed by atoms with Gasteiger partial charge in [-0.05, 0) is 61.0 Å². The Kier molecular flexibility index (Phi) is 7.96. The maximum atomic E-state index is 13.9. The molecule has 3 aromatic rings. The fourth-order valence-electron chi connectivity index (χ4n) is 4.33. The lowest BCUT2D eigenvalue weighted by atomic mass is 9.95. The van der Waals surface area contributed by atoms with Crippen LogP contribution < -0.4 is 5.73 Å². The van der Waals surface area contributed by atoms with Gasteiger partial charge in [0.25, 0.3) is 0 Å². The number of nitrogens with two attached hydrogens (primary N) is 1. The summed E-state index contributed by atoms with van der Waals surface area (Å²) >= 11 is 0. The molecule has 8 heteroatoms. The number of pyridine rings is 1. The van der Waals surface area contributed by atoms with E-state index in [1.807, 2.05) is 11.9 Å². The van der Waals surface area contributed by atoms with E-state index in [0.717, 1.165) is 37.8 Å². The van der Waals surface area contributed by atoms with Gasteiger partial charge in [-0.25, -0.2) is 4.98 Å². The number of rotatable bonds is 5. The number of nitrogens with zero attached hydrogens (tertiary/aromatic N) is 3. The van der Waals surface area contributed by atoms with Gasteiger partial charge in [0, 0.05) is 56.5 Å². The van der Waals surface area contributed by atoms with Crippen LogP contribution >= 0.6 is 0 Å². The van der Waals surface area contributed by atoms with Gasteiger partial charge in [0.15, 0.2) is 5.78 Å². The Labute approximate surface area is 215 Å². The minimum Gasteiger partial charge on any atom is -0.383 e. The van der Waals surface area contributed by atoms with Gasteiger partial charge in [-0.3, -0.25) is 9.69 Å². The summed E-state index contributed by atoms with van der Waals surface area (Å²) in [5.41, 5.74) is 8.07. The Bertz CT molecular complexity index is 1350. The van der Waals surface area contributed by atoms with Crippen LogP contribution in [0.4, 0.5) is 19.0 Å². The molecule has 1 fully saturated rings. The predicted molar refractivity (Wildman–Crippen MR) is 138 cm³/mol. The molecule has 1 aliphatic heterocycles. The van der Waals surface area contributed by atoms with Crippen LogP contribution in [0.15, 0.2) is 54.7 Å². The highest BCUT2D eigenvalue weighted by Crippen LogP contribution is 2.34. The summed E-state index contributed by atoms with van der Waals surface area (Å²) in [6.07, 6.45) is -3.06. The minimum atomic E-state index is -4.50. The van der Waals surface area contributed by atoms with Gasteiger partial charge >= 0.3 is 6.18 Å². The van der Waals surface area contributed by atoms with Gasteiger partial charge < -0.3 is 10.6 Å². The van der Waals surface area contributed by atoms with Crippen LogP contribution in [0.5, 0.6) is 0 Å². The van der Waals surface area contributed by atoms with Crippen molar-refractivity contribution in [3.05, 3.63) is 93.7 Å². The van der Waals surface area contributed by atoms with Crippen LogP contribution in [0, 0.1) is 18.8 Å². The van der Waals surface area contributed by atoms with Crippen molar-refractivity contribution in [3.63, 3.8) is 0 Å². The summed E-state index contributed by atoms with van der Waals surface area (Å²) in [5.74, 6) is 5.99. The molecule has 2 aromatic carbocycles. The molecule has 0 amide bonds. The number of alkyl halides is 3. The molecule has 37 heavy (non-hydrogen) atoms. The van der Waals surface area contributed by atoms with Crippen molar-refractivity contribution >= 4 is 11.6 Å². The molecule has 0 bridgehead atoms. The second-order valence-corrected chi connectivity index (χ2v) is 9.38. The van der Waals surface area contributed by atoms with Crippen LogP contribution in [0.2, 0.25) is 0 Å². The lowest BCUT2D eigenvalue weighted by Gasteiger charge is -2.33. The van der Waals surface area contributed by atoms with Crippen molar-refractivity contribution in [3.8, 4) is 11.8 Å². The highest BCUT2D eigenvalue weighted by Gasteiger charge is 2.34. The molecule has 1 aromatic heterocycles. The second-order valence-electron chi connectivity index (χ2n) is 9.38. The van der Waals surface area contributed by atoms with Crippen LogP contribution in [0.1, 0.15) is 43.7 Å². The van der Waals surface area contributed by atoms with Crippen LogP contribution in [-0.4, -0.2) is 53.8 Å². The molecule has 0 spiro atoms. The van der Waals surface area contributed by atoms with Crippen molar-refractivity contribution < 1.29 is 18.0 Å². The number of likely N-dealkylation sites (N-methyl/N-ethyl adjacent to an activating group) is 1. The zero-order chi connectivity index (χ0) is 26.6. The van der Waals surface area contributed by atoms with E-state index in [9.17, 15) is 18.0 Å². The predicted octanol–water partition coefficient (Wildman–Crippen LogP) is 4.56. The molecule has 0 atom stereocenters. The van der Waals surface area contributed by atoms with Crippen molar-refractivity contribution in [1.29, 1.82) is 0 Å². The van der Waals surface area contributed by atoms with Crippen molar-refractivity contribution in [2.75, 3.05) is 39.0 Å². The first-order valence-corrected chi connectivity index (χ1v) is 12.1. The standard InChI is InChI=1S/C29H29F3N4O/c1-20-5-6-21(7-9-23-4-3-11-34-28(23)33)16-25(20)27(37)18-22-8-10-24(26(17-22)29(30,31)32)19-36-14-12-35(2)13-15-36/h3-6,8,10-11,16-17H,12-15,18-19H2,1-2H3,(H2,33,34). The third-order valence-corrected chi connectivity index (χ3v) is 6.55. The molecule has 2 heterocycles. The SMILES string of the molecule is Cc1ccc(C#Cc2cccnc2N)cc1C(=O)Cc1ccc(CN2CCN(C)CC2)c(C(F)(F)F)c1. The van der Waals surface area contributed by atoms with Gasteiger partial charge in [0.2, 0.25) is 0 Å². The second kappa shape index (κ2) is 11.2. The number of carbonyl (C=O) groups excluding carboxylic acids is 1. The third kappa shape index (κ3) is 6.76. The number of nitrogen functional groups attached to an aromatic ring is 1. The van der Waals surface area contributed by atoms with E-state index in [1.165, 1.54) is 6.07 Å². The number of piperazine rings is 1. The number of hydrogen-bond acceptors (Lipinski definition) is 5. The molecule has 1 aliphatic rings. The summed E-state index contributed by atoms with van der Waals surface area (Å²) in [4.78, 5) is 21.3. The van der Waals surface area contributed by atoms with E-state index in [0.29, 0.717) is 28.1 Å². The third-order valence-electron chi connectivity index (χ3n) is 6.55. The van der Waals surface area contributed by atoms with Crippen molar-refractivity contribution in [2.24, 2.45) is 0 Å². The molecule has 0 aliphatic carbocycles. The largest absolute Gasteiger partial charge is 0.416 e. The summed E-state index contributed by atoms with van der Waals surface area (Å²) < 4.78 is 41.8. The zero-order valence-corrected chi connectivity index (χ0v) is 20.9. The Morgan fingerprint density at radius 1 is 1.05 bits per heavy atom. The molecular formula is C29H29F3N4O. The normalized spacial score (nSPS) is 14.7. The van der Waals surface area contributed by atoms with Crippen molar-refractivity contribution in [1.82, 2.24) is 14.8 Å². The molecule has 0 unspecified atom stereocenters. The van der Waals surface area contributed by atoms with Gasteiger partial charge in [-0.2, -0.15) is 13.2 Å². The highest BCUT2D eigenvalue weighted by molar-refractivity contribution is 5.99. The summed E-state index contributed by atoms with van der Waals surface area (Å²) in [7, 11) is 2.00. The van der Waals surface area contributed by atoms with E-state index >= 15 is 0 Å². The zero-order valence-electron chi connectivity index (χ0n) is 20.9. The molecular weight excluding hydrogens is 477 g/mol. The Morgan fingerprint density at radius 2 is 1.81 bits per heavy atom. The molecule has 0 radical (unpaired) electrons. The van der Waals surface area contributed by atoms with Crippen LogP contribution in [0.3, 0.4) is 0 Å². The van der Waals surface area contributed by atoms with E-state index in [4.69, 9.17) is 5.73 Å². The molecule has 5 nitrogen and oxygen atoms in total. The number of anilines is 1. The number of aryl methyl sites for hydroxylation is 1. The van der Waals surface area contributed by atoms with E-state index < -0.39 is 11.7 Å². The summed E-state index contributed by atoms with van der Waals surface area (Å²) in [5, 5.41) is 0. The van der Waals surface area contributed by atoms with E-state index in [1.54, 1.807) is 49.5 Å². The number of carbonyl (C=O) groups is 1. The number of aromatic nitrogens is 1. The maximum absolute atomic E-state index is 13.9. The average molecular weight is 507 g/mol. The Morgan fingerprint density at radius 3 is 2.51 bits per heavy atom. The molecule has 192 valence electrons. The minimum absolute atomic E-state index is 0.134. The van der Waals surface area contributed by atoms with E-state index in [2.05, 4.69) is 21.7 Å². The molecule has 2 N–H and O–H groups in total. The summed E-state index contributed by atoms with van der Waals surface area (Å²) in [6.45, 7) is 5.13. The first-order chi connectivity index (χ1) is 17.6. The van der Waals surface area contributed by atoms with Gasteiger partial charge in [-0.15, -0.1) is 0 Å². The number of ketones is 1. The molecule has 0 saturated carbocycles. The summed E-state index contributed by atoms with van der Waals surface area (Å²) in [6, 6.07) is 13.0. The molecule has 1 saturated heterocycles. The highest BCUT2D eigenvalue weighted by atomic mass is 19.4. The number of Topliss-reactive ketones (excluding diaryl/α,β-unsaturated/α-hetero) is 1. The van der Waals surface area contributed by atoms with Crippen molar-refractivity contribution in [2.45, 2.75) is 26.1 Å². The lowest BCUT2D eigenvalue weighted by Crippen LogP contribution is -2.44. The quantitative estimate of drug-likeness (QED) is 0.406. The van der Waals surface area contributed by atoms with Crippen LogP contribution in [0.25, 0.3) is 0 Å². The fraction of sp³-hybridized carbons (Fsp3) is 0.310. The number of hydrogen-bond donors (Lipinski definition) is 1. The number of benzene rings is 2. The first kappa shape index (κ1) is 26.4. The number of halogens is 3. The topological polar surface area (TPSA) is 62.5 Å². The lowest BCUT2D eigenvalue weighted by molar-refractivity contribution is -0.138. The molecule has 4 rings (SSSR count). The fourth-order valence-corrected chi connectivity index (χ4v) is 4.33. The smallest absolute Gasteiger partial charge is 0.383 e. The average Bonchev–Trinajstić information content (AvgIpc) is 2.86. The van der Waals surface area contributed by atoms with Gasteiger partial charge in [0.05, 0.1) is 11.1 Å². The Balaban J connectivity index is 1.54. The van der Waals surface area contributed by atoms with Gasteiger partial charge in [-0.1, -0.05) is 30.0 Å². The van der Waals surface area contributed by atoms with E-state index in [-0.39, 0.29) is 24.3 Å². The first-order valence-electron chi connectivity index (χ1n) is 12.1. The monoisotopic (exact) mass is 506 g/mol. The van der Waals surface area contributed by atoms with Crippen LogP contribution in [-0.2, 0) is 19.1 Å².